The van der Waals surface area contributed by atoms with Gasteiger partial charge in [-0.2, -0.15) is 0 Å². The highest BCUT2D eigenvalue weighted by molar-refractivity contribution is 6.61. The van der Waals surface area contributed by atoms with Gasteiger partial charge in [0, 0.05) is 6.10 Å². The Hall–Kier alpha value is -1.04. The number of carboxylic acid groups (broad SMARTS) is 1. The van der Waals surface area contributed by atoms with Gasteiger partial charge in [0.2, 0.25) is 0 Å². The summed E-state index contributed by atoms with van der Waals surface area (Å²) in [7, 11) is -0.561. The van der Waals surface area contributed by atoms with E-state index in [0.29, 0.717) is 5.46 Å². The van der Waals surface area contributed by atoms with E-state index >= 15 is 0 Å². The lowest BCUT2D eigenvalue weighted by Crippen LogP contribution is -2.51. The molecule has 1 aromatic carbocycles. The van der Waals surface area contributed by atoms with Crippen molar-refractivity contribution >= 4 is 30.2 Å². The fraction of sp³-hybridized carbons (Fsp3) is 0.462. The molecule has 1 fully saturated rings. The van der Waals surface area contributed by atoms with Crippen LogP contribution in [0.4, 0.5) is 0 Å². The molecule has 102 valence electrons. The molecule has 0 amide bonds. The average Bonchev–Trinajstić information content (AvgIpc) is 2.26. The molecule has 1 aliphatic heterocycles. The minimum Gasteiger partial charge on any atom is -0.478 e. The Bertz CT molecular complexity index is 503. The molecule has 1 aliphatic rings. The first-order valence-corrected chi connectivity index (χ1v) is 6.52. The number of hydrogen-bond donors (Lipinski definition) is 1. The lowest BCUT2D eigenvalue weighted by Gasteiger charge is -2.38. The molecule has 1 aromatic rings. The lowest BCUT2D eigenvalue weighted by atomic mass is 9.74. The molecule has 4 nitrogen and oxygen atoms in total. The van der Waals surface area contributed by atoms with Crippen LogP contribution >= 0.6 is 11.6 Å². The quantitative estimate of drug-likeness (QED) is 0.846. The van der Waals surface area contributed by atoms with Crippen LogP contribution in [0.2, 0.25) is 5.02 Å². The van der Waals surface area contributed by atoms with E-state index in [4.69, 9.17) is 26.0 Å². The van der Waals surface area contributed by atoms with E-state index in [1.54, 1.807) is 12.1 Å². The number of rotatable bonds is 2. The molecule has 19 heavy (non-hydrogen) atoms. The summed E-state index contributed by atoms with van der Waals surface area (Å²) in [6.45, 7) is 5.96. The van der Waals surface area contributed by atoms with Crippen molar-refractivity contribution in [1.82, 2.24) is 0 Å². The Kier molecular flexibility index (Phi) is 3.90. The maximum absolute atomic E-state index is 11.1. The summed E-state index contributed by atoms with van der Waals surface area (Å²) >= 11 is 5.85. The first kappa shape index (κ1) is 14.4. The number of carboxylic acids is 1. The fourth-order valence-corrected chi connectivity index (χ4v) is 2.52. The molecule has 0 spiro atoms. The highest BCUT2D eigenvalue weighted by atomic mass is 35.5. The maximum Gasteiger partial charge on any atom is 0.494 e. The first-order chi connectivity index (χ1) is 8.78. The lowest BCUT2D eigenvalue weighted by molar-refractivity contribution is -0.0229. The molecule has 0 aromatic heterocycles. The van der Waals surface area contributed by atoms with Crippen molar-refractivity contribution in [2.24, 2.45) is 0 Å². The van der Waals surface area contributed by atoms with E-state index in [1.165, 1.54) is 6.07 Å². The van der Waals surface area contributed by atoms with Crippen molar-refractivity contribution in [3.05, 3.63) is 28.8 Å². The van der Waals surface area contributed by atoms with Crippen LogP contribution in [-0.2, 0) is 9.31 Å². The molecular formula is C13H16BClO4. The summed E-state index contributed by atoms with van der Waals surface area (Å²) in [6.07, 6.45) is 0.848. The first-order valence-electron chi connectivity index (χ1n) is 6.14. The third-order valence-electron chi connectivity index (χ3n) is 3.05. The third-order valence-corrected chi connectivity index (χ3v) is 3.38. The molecule has 1 atom stereocenters. The van der Waals surface area contributed by atoms with E-state index < -0.39 is 13.1 Å². The molecule has 1 N–H and O–H groups in total. The third kappa shape index (κ3) is 3.29. The van der Waals surface area contributed by atoms with Gasteiger partial charge < -0.3 is 14.4 Å². The Morgan fingerprint density at radius 1 is 1.53 bits per heavy atom. The van der Waals surface area contributed by atoms with E-state index in [1.807, 2.05) is 20.8 Å². The van der Waals surface area contributed by atoms with Gasteiger partial charge in [-0.15, -0.1) is 0 Å². The summed E-state index contributed by atoms with van der Waals surface area (Å²) in [5.41, 5.74) is 0.426. The Labute approximate surface area is 117 Å². The Morgan fingerprint density at radius 2 is 2.21 bits per heavy atom. The zero-order chi connectivity index (χ0) is 14.2. The van der Waals surface area contributed by atoms with Gasteiger partial charge in [0.1, 0.15) is 0 Å². The summed E-state index contributed by atoms with van der Waals surface area (Å²) in [5.74, 6) is -1.06. The Morgan fingerprint density at radius 3 is 2.79 bits per heavy atom. The van der Waals surface area contributed by atoms with Gasteiger partial charge >= 0.3 is 13.1 Å². The SMILES string of the molecule is CC1CC(C)(C)OB(c2ccc(Cl)c(C(=O)O)c2)O1. The standard InChI is InChI=1S/C13H16BClO4/c1-8-7-13(2,3)19-14(18-8)9-4-5-11(15)10(6-9)12(16)17/h4-6,8H,7H2,1-3H3,(H,16,17). The molecule has 1 saturated heterocycles. The van der Waals surface area contributed by atoms with Crippen LogP contribution in [0.5, 0.6) is 0 Å². The molecule has 2 rings (SSSR count). The predicted octanol–water partition coefficient (Wildman–Crippen LogP) is 2.34. The van der Waals surface area contributed by atoms with E-state index in [9.17, 15) is 4.79 Å². The molecule has 0 radical (unpaired) electrons. The van der Waals surface area contributed by atoms with Crippen molar-refractivity contribution in [1.29, 1.82) is 0 Å². The smallest absolute Gasteiger partial charge is 0.478 e. The number of benzene rings is 1. The monoisotopic (exact) mass is 282 g/mol. The highest BCUT2D eigenvalue weighted by Gasteiger charge is 2.38. The van der Waals surface area contributed by atoms with Crippen LogP contribution in [0, 0.1) is 0 Å². The number of carbonyl (C=O) groups is 1. The number of aromatic carboxylic acids is 1. The summed E-state index contributed by atoms with van der Waals surface area (Å²) in [5, 5.41) is 9.28. The fourth-order valence-electron chi connectivity index (χ4n) is 2.32. The van der Waals surface area contributed by atoms with Crippen LogP contribution < -0.4 is 5.46 Å². The molecular weight excluding hydrogens is 266 g/mol. The highest BCUT2D eigenvalue weighted by Crippen LogP contribution is 2.26. The largest absolute Gasteiger partial charge is 0.494 e. The average molecular weight is 283 g/mol. The number of halogens is 1. The molecule has 1 heterocycles. The summed E-state index contributed by atoms with van der Waals surface area (Å²) in [4.78, 5) is 11.1. The second kappa shape index (κ2) is 5.15. The molecule has 1 unspecified atom stereocenters. The van der Waals surface area contributed by atoms with Gasteiger partial charge in [0.15, 0.2) is 0 Å². The van der Waals surface area contributed by atoms with Crippen LogP contribution in [0.1, 0.15) is 37.6 Å². The van der Waals surface area contributed by atoms with E-state index in [0.717, 1.165) is 6.42 Å². The minimum atomic E-state index is -1.06. The minimum absolute atomic E-state index is 0.0534. The zero-order valence-electron chi connectivity index (χ0n) is 11.1. The van der Waals surface area contributed by atoms with Gasteiger partial charge in [-0.1, -0.05) is 17.7 Å². The normalized spacial score (nSPS) is 22.3. The molecule has 6 heteroatoms. The zero-order valence-corrected chi connectivity index (χ0v) is 11.9. The maximum atomic E-state index is 11.1. The second-order valence-electron chi connectivity index (χ2n) is 5.40. The van der Waals surface area contributed by atoms with Crippen molar-refractivity contribution in [3.63, 3.8) is 0 Å². The van der Waals surface area contributed by atoms with Gasteiger partial charge in [-0.3, -0.25) is 0 Å². The van der Waals surface area contributed by atoms with Gasteiger partial charge in [-0.05, 0) is 44.8 Å². The topological polar surface area (TPSA) is 55.8 Å². The van der Waals surface area contributed by atoms with Crippen LogP contribution in [0.25, 0.3) is 0 Å². The predicted molar refractivity (Wildman–Crippen MR) is 74.1 cm³/mol. The summed E-state index contributed by atoms with van der Waals surface area (Å²) < 4.78 is 11.6. The summed E-state index contributed by atoms with van der Waals surface area (Å²) in [6, 6.07) is 4.79. The second-order valence-corrected chi connectivity index (χ2v) is 5.81. The van der Waals surface area contributed by atoms with Gasteiger partial charge in [0.25, 0.3) is 0 Å². The van der Waals surface area contributed by atoms with Crippen LogP contribution in [0.15, 0.2) is 18.2 Å². The molecule has 0 saturated carbocycles. The van der Waals surface area contributed by atoms with Crippen LogP contribution in [0.3, 0.4) is 0 Å². The van der Waals surface area contributed by atoms with Crippen molar-refractivity contribution in [3.8, 4) is 0 Å². The van der Waals surface area contributed by atoms with Crippen molar-refractivity contribution in [2.45, 2.75) is 38.9 Å². The van der Waals surface area contributed by atoms with Gasteiger partial charge in [0.05, 0.1) is 16.2 Å². The van der Waals surface area contributed by atoms with Gasteiger partial charge in [-0.25, -0.2) is 4.79 Å². The molecule has 0 aliphatic carbocycles. The Balaban J connectivity index is 2.31. The molecule has 0 bridgehead atoms. The van der Waals surface area contributed by atoms with Crippen molar-refractivity contribution in [2.75, 3.05) is 0 Å². The van der Waals surface area contributed by atoms with E-state index in [2.05, 4.69) is 0 Å². The van der Waals surface area contributed by atoms with E-state index in [-0.39, 0.29) is 22.3 Å². The van der Waals surface area contributed by atoms with Crippen LogP contribution in [-0.4, -0.2) is 29.9 Å². The number of hydrogen-bond acceptors (Lipinski definition) is 3. The van der Waals surface area contributed by atoms with Crippen molar-refractivity contribution < 1.29 is 19.2 Å².